The third kappa shape index (κ3) is 3.49. The smallest absolute Gasteiger partial charge is 0.270 e. The zero-order chi connectivity index (χ0) is 13.9. The molecular formula is C10H14N2O5S. The molecule has 0 heterocycles. The van der Waals surface area contributed by atoms with Gasteiger partial charge in [-0.1, -0.05) is 6.07 Å². The Hall–Kier alpha value is -1.51. The van der Waals surface area contributed by atoms with Crippen LogP contribution in [0.1, 0.15) is 12.5 Å². The van der Waals surface area contributed by atoms with Crippen LogP contribution in [0.5, 0.6) is 0 Å². The SMILES string of the molecule is Cc1ccc([N+](=O)[O-])cc1S(=O)(=O)NCC(C)O. The van der Waals surface area contributed by atoms with E-state index in [1.54, 1.807) is 6.92 Å². The van der Waals surface area contributed by atoms with Gasteiger partial charge >= 0.3 is 0 Å². The van der Waals surface area contributed by atoms with Crippen LogP contribution in [0.2, 0.25) is 0 Å². The van der Waals surface area contributed by atoms with E-state index in [0.717, 1.165) is 6.07 Å². The lowest BCUT2D eigenvalue weighted by molar-refractivity contribution is -0.385. The fourth-order valence-corrected chi connectivity index (χ4v) is 2.68. The van der Waals surface area contributed by atoms with Gasteiger partial charge in [0, 0.05) is 18.7 Å². The highest BCUT2D eigenvalue weighted by molar-refractivity contribution is 7.89. The van der Waals surface area contributed by atoms with E-state index < -0.39 is 21.1 Å². The molecule has 0 aliphatic heterocycles. The van der Waals surface area contributed by atoms with Gasteiger partial charge in [-0.3, -0.25) is 10.1 Å². The van der Waals surface area contributed by atoms with Crippen molar-refractivity contribution >= 4 is 15.7 Å². The first kappa shape index (κ1) is 14.6. The third-order valence-corrected chi connectivity index (χ3v) is 3.81. The van der Waals surface area contributed by atoms with Crippen molar-refractivity contribution < 1.29 is 18.4 Å². The Balaban J connectivity index is 3.15. The second-order valence-corrected chi connectivity index (χ2v) is 5.64. The van der Waals surface area contributed by atoms with Crippen molar-refractivity contribution in [3.63, 3.8) is 0 Å². The number of aliphatic hydroxyl groups is 1. The van der Waals surface area contributed by atoms with Crippen LogP contribution in [-0.4, -0.2) is 31.1 Å². The fraction of sp³-hybridized carbons (Fsp3) is 0.400. The molecular weight excluding hydrogens is 260 g/mol. The molecule has 2 N–H and O–H groups in total. The standard InChI is InChI=1S/C10H14N2O5S/c1-7-3-4-9(12(14)15)5-10(7)18(16,17)11-6-8(2)13/h3-5,8,11,13H,6H2,1-2H3. The third-order valence-electron chi connectivity index (χ3n) is 2.24. The van der Waals surface area contributed by atoms with Crippen molar-refractivity contribution in [3.05, 3.63) is 33.9 Å². The first-order chi connectivity index (χ1) is 8.24. The van der Waals surface area contributed by atoms with Crippen molar-refractivity contribution in [1.29, 1.82) is 0 Å². The number of nitro benzene ring substituents is 1. The normalized spacial score (nSPS) is 13.3. The second-order valence-electron chi connectivity index (χ2n) is 3.91. The molecule has 100 valence electrons. The van der Waals surface area contributed by atoms with Gasteiger partial charge in [0.15, 0.2) is 0 Å². The molecule has 0 aliphatic carbocycles. The van der Waals surface area contributed by atoms with Gasteiger partial charge in [-0.25, -0.2) is 13.1 Å². The van der Waals surface area contributed by atoms with Gasteiger partial charge in [-0.05, 0) is 19.4 Å². The molecule has 0 aromatic heterocycles. The minimum Gasteiger partial charge on any atom is -0.392 e. The molecule has 1 atom stereocenters. The molecule has 0 saturated carbocycles. The van der Waals surface area contributed by atoms with Crippen LogP contribution in [0.3, 0.4) is 0 Å². The zero-order valence-electron chi connectivity index (χ0n) is 9.95. The van der Waals surface area contributed by atoms with Crippen molar-refractivity contribution in [2.75, 3.05) is 6.54 Å². The molecule has 1 aromatic carbocycles. The maximum Gasteiger partial charge on any atom is 0.270 e. The van der Waals surface area contributed by atoms with Gasteiger partial charge in [0.05, 0.1) is 15.9 Å². The van der Waals surface area contributed by atoms with E-state index >= 15 is 0 Å². The lowest BCUT2D eigenvalue weighted by Crippen LogP contribution is -2.31. The van der Waals surface area contributed by atoms with Crippen molar-refractivity contribution in [2.24, 2.45) is 0 Å². The van der Waals surface area contributed by atoms with E-state index in [0.29, 0.717) is 5.56 Å². The van der Waals surface area contributed by atoms with Crippen LogP contribution in [0.4, 0.5) is 5.69 Å². The minimum absolute atomic E-state index is 0.148. The monoisotopic (exact) mass is 274 g/mol. The number of rotatable bonds is 5. The summed E-state index contributed by atoms with van der Waals surface area (Å²) in [5.41, 5.74) is 0.108. The van der Waals surface area contributed by atoms with Gasteiger partial charge in [0.25, 0.3) is 5.69 Å². The highest BCUT2D eigenvalue weighted by Crippen LogP contribution is 2.21. The summed E-state index contributed by atoms with van der Waals surface area (Å²) in [5.74, 6) is 0. The summed E-state index contributed by atoms with van der Waals surface area (Å²) < 4.78 is 26.0. The highest BCUT2D eigenvalue weighted by Gasteiger charge is 2.20. The van der Waals surface area contributed by atoms with Crippen LogP contribution in [-0.2, 0) is 10.0 Å². The number of aryl methyl sites for hydroxylation is 1. The summed E-state index contributed by atoms with van der Waals surface area (Å²) in [6.45, 7) is 2.83. The molecule has 0 radical (unpaired) electrons. The number of sulfonamides is 1. The Bertz CT molecular complexity index is 553. The van der Waals surface area contributed by atoms with Crippen LogP contribution in [0.15, 0.2) is 23.1 Å². The lowest BCUT2D eigenvalue weighted by atomic mass is 10.2. The predicted octanol–water partition coefficient (Wildman–Crippen LogP) is 0.562. The van der Waals surface area contributed by atoms with E-state index in [1.165, 1.54) is 19.1 Å². The van der Waals surface area contributed by atoms with Gasteiger partial charge in [0.2, 0.25) is 10.0 Å². The Morgan fingerprint density at radius 1 is 1.50 bits per heavy atom. The van der Waals surface area contributed by atoms with Crippen LogP contribution in [0.25, 0.3) is 0 Å². The number of non-ortho nitro benzene ring substituents is 1. The van der Waals surface area contributed by atoms with E-state index in [2.05, 4.69) is 4.72 Å². The van der Waals surface area contributed by atoms with Gasteiger partial charge in [-0.2, -0.15) is 0 Å². The Kier molecular flexibility index (Phi) is 4.38. The molecule has 7 nitrogen and oxygen atoms in total. The van der Waals surface area contributed by atoms with Gasteiger partial charge < -0.3 is 5.11 Å². The first-order valence-corrected chi connectivity index (χ1v) is 6.65. The van der Waals surface area contributed by atoms with Crippen molar-refractivity contribution in [3.8, 4) is 0 Å². The molecule has 18 heavy (non-hydrogen) atoms. The second kappa shape index (κ2) is 5.42. The number of nitrogens with one attached hydrogen (secondary N) is 1. The Morgan fingerprint density at radius 2 is 2.11 bits per heavy atom. The van der Waals surface area contributed by atoms with Crippen LogP contribution >= 0.6 is 0 Å². The molecule has 0 spiro atoms. The summed E-state index contributed by atoms with van der Waals surface area (Å²) in [6, 6.07) is 3.61. The van der Waals surface area contributed by atoms with E-state index in [-0.39, 0.29) is 17.1 Å². The summed E-state index contributed by atoms with van der Waals surface area (Å²) in [5, 5.41) is 19.6. The van der Waals surface area contributed by atoms with Crippen molar-refractivity contribution in [2.45, 2.75) is 24.8 Å². The summed E-state index contributed by atoms with van der Waals surface area (Å²) >= 11 is 0. The van der Waals surface area contributed by atoms with Crippen molar-refractivity contribution in [1.82, 2.24) is 4.72 Å². The number of nitro groups is 1. The topological polar surface area (TPSA) is 110 Å². The van der Waals surface area contributed by atoms with Crippen LogP contribution in [0, 0.1) is 17.0 Å². The van der Waals surface area contributed by atoms with E-state index in [9.17, 15) is 18.5 Å². The Morgan fingerprint density at radius 3 is 2.61 bits per heavy atom. The molecule has 1 rings (SSSR count). The summed E-state index contributed by atoms with van der Waals surface area (Å²) in [4.78, 5) is 9.79. The molecule has 1 aromatic rings. The van der Waals surface area contributed by atoms with Gasteiger partial charge in [-0.15, -0.1) is 0 Å². The molecule has 0 amide bonds. The number of nitrogens with zero attached hydrogens (tertiary/aromatic N) is 1. The summed E-state index contributed by atoms with van der Waals surface area (Å²) in [7, 11) is -3.86. The molecule has 0 fully saturated rings. The van der Waals surface area contributed by atoms with Crippen LogP contribution < -0.4 is 4.72 Å². The number of hydrogen-bond acceptors (Lipinski definition) is 5. The first-order valence-electron chi connectivity index (χ1n) is 5.17. The average Bonchev–Trinajstić information content (AvgIpc) is 2.26. The number of benzene rings is 1. The molecule has 0 bridgehead atoms. The zero-order valence-corrected chi connectivity index (χ0v) is 10.8. The lowest BCUT2D eigenvalue weighted by Gasteiger charge is -2.10. The average molecular weight is 274 g/mol. The van der Waals surface area contributed by atoms with E-state index in [4.69, 9.17) is 5.11 Å². The maximum atomic E-state index is 11.9. The largest absolute Gasteiger partial charge is 0.392 e. The fourth-order valence-electron chi connectivity index (χ4n) is 1.30. The van der Waals surface area contributed by atoms with E-state index in [1.807, 2.05) is 0 Å². The predicted molar refractivity (Wildman–Crippen MR) is 64.7 cm³/mol. The maximum absolute atomic E-state index is 11.9. The number of aliphatic hydroxyl groups excluding tert-OH is 1. The van der Waals surface area contributed by atoms with Gasteiger partial charge in [0.1, 0.15) is 0 Å². The molecule has 0 aliphatic rings. The molecule has 0 saturated heterocycles. The minimum atomic E-state index is -3.86. The molecule has 8 heteroatoms. The summed E-state index contributed by atoms with van der Waals surface area (Å²) in [6.07, 6.45) is -0.834. The highest BCUT2D eigenvalue weighted by atomic mass is 32.2. The molecule has 1 unspecified atom stereocenters. The Labute approximate surface area is 105 Å². The quantitative estimate of drug-likeness (QED) is 0.602. The number of hydrogen-bond donors (Lipinski definition) is 2.